The summed E-state index contributed by atoms with van der Waals surface area (Å²) in [4.78, 5) is 11.3. The van der Waals surface area contributed by atoms with Gasteiger partial charge in [0.25, 0.3) is 5.91 Å². The molecule has 0 saturated carbocycles. The molecule has 0 atom stereocenters. The van der Waals surface area contributed by atoms with E-state index in [0.717, 1.165) is 10.0 Å². The summed E-state index contributed by atoms with van der Waals surface area (Å²) in [5.41, 5.74) is 1.31. The van der Waals surface area contributed by atoms with Crippen molar-refractivity contribution in [3.8, 4) is 11.6 Å². The Labute approximate surface area is 119 Å². The largest absolute Gasteiger partial charge is 0.438 e. The molecule has 1 aromatic heterocycles. The van der Waals surface area contributed by atoms with Gasteiger partial charge in [-0.1, -0.05) is 15.9 Å². The standard InChI is InChI=1S/C13H12BrN3O2/c1-8-7-9(3-4-10(8)14)19-12-6-5-11(16-17-12)13(18)15-2/h3-7H,1-2H3,(H,15,18). The van der Waals surface area contributed by atoms with Crippen LogP contribution in [0.5, 0.6) is 11.6 Å². The Bertz CT molecular complexity index is 599. The number of benzene rings is 1. The van der Waals surface area contributed by atoms with Crippen LogP contribution in [0, 0.1) is 6.92 Å². The van der Waals surface area contributed by atoms with Crippen molar-refractivity contribution in [3.63, 3.8) is 0 Å². The maximum atomic E-state index is 11.3. The fourth-order valence-corrected chi connectivity index (χ4v) is 1.67. The van der Waals surface area contributed by atoms with E-state index >= 15 is 0 Å². The molecule has 0 saturated heterocycles. The quantitative estimate of drug-likeness (QED) is 0.944. The SMILES string of the molecule is CNC(=O)c1ccc(Oc2ccc(Br)c(C)c2)nn1. The number of carbonyl (C=O) groups is 1. The summed E-state index contributed by atoms with van der Waals surface area (Å²) in [6.45, 7) is 1.97. The highest BCUT2D eigenvalue weighted by Gasteiger charge is 2.07. The molecule has 0 fully saturated rings. The second-order valence-corrected chi connectivity index (χ2v) is 4.70. The van der Waals surface area contributed by atoms with Gasteiger partial charge in [-0.05, 0) is 36.8 Å². The lowest BCUT2D eigenvalue weighted by molar-refractivity contribution is 0.0957. The van der Waals surface area contributed by atoms with Crippen LogP contribution in [0.3, 0.4) is 0 Å². The number of ether oxygens (including phenoxy) is 1. The maximum Gasteiger partial charge on any atom is 0.271 e. The first kappa shape index (κ1) is 13.5. The zero-order valence-corrected chi connectivity index (χ0v) is 12.1. The van der Waals surface area contributed by atoms with E-state index in [-0.39, 0.29) is 11.6 Å². The van der Waals surface area contributed by atoms with Gasteiger partial charge in [-0.3, -0.25) is 4.79 Å². The fraction of sp³-hybridized carbons (Fsp3) is 0.154. The van der Waals surface area contributed by atoms with Gasteiger partial charge in [-0.2, -0.15) is 0 Å². The highest BCUT2D eigenvalue weighted by atomic mass is 79.9. The number of amides is 1. The Morgan fingerprint density at radius 1 is 1.26 bits per heavy atom. The van der Waals surface area contributed by atoms with Crippen molar-refractivity contribution >= 4 is 21.8 Å². The van der Waals surface area contributed by atoms with E-state index in [2.05, 4.69) is 31.4 Å². The van der Waals surface area contributed by atoms with Crippen molar-refractivity contribution in [2.24, 2.45) is 0 Å². The minimum absolute atomic E-state index is 0.252. The summed E-state index contributed by atoms with van der Waals surface area (Å²) in [6, 6.07) is 8.78. The topological polar surface area (TPSA) is 64.1 Å². The molecular formula is C13H12BrN3O2. The molecule has 1 N–H and O–H groups in total. The summed E-state index contributed by atoms with van der Waals surface area (Å²) in [6.07, 6.45) is 0. The molecule has 19 heavy (non-hydrogen) atoms. The maximum absolute atomic E-state index is 11.3. The zero-order valence-electron chi connectivity index (χ0n) is 10.5. The molecule has 0 spiro atoms. The molecule has 5 nitrogen and oxygen atoms in total. The van der Waals surface area contributed by atoms with Gasteiger partial charge < -0.3 is 10.1 Å². The predicted molar refractivity (Wildman–Crippen MR) is 74.4 cm³/mol. The number of aryl methyl sites for hydroxylation is 1. The van der Waals surface area contributed by atoms with Crippen molar-refractivity contribution in [2.45, 2.75) is 6.92 Å². The minimum Gasteiger partial charge on any atom is -0.438 e. The van der Waals surface area contributed by atoms with Crippen LogP contribution in [0.2, 0.25) is 0 Å². The van der Waals surface area contributed by atoms with E-state index in [1.54, 1.807) is 19.2 Å². The molecule has 1 amide bonds. The highest BCUT2D eigenvalue weighted by Crippen LogP contribution is 2.24. The third-order valence-corrected chi connectivity index (χ3v) is 3.34. The van der Waals surface area contributed by atoms with Gasteiger partial charge in [0.05, 0.1) is 0 Å². The van der Waals surface area contributed by atoms with Gasteiger partial charge in [0.1, 0.15) is 5.75 Å². The summed E-state index contributed by atoms with van der Waals surface area (Å²) in [7, 11) is 1.54. The number of nitrogens with one attached hydrogen (secondary N) is 1. The van der Waals surface area contributed by atoms with Crippen LogP contribution in [-0.2, 0) is 0 Å². The molecule has 1 heterocycles. The highest BCUT2D eigenvalue weighted by molar-refractivity contribution is 9.10. The molecule has 2 aromatic rings. The van der Waals surface area contributed by atoms with Crippen LogP contribution in [-0.4, -0.2) is 23.2 Å². The normalized spacial score (nSPS) is 10.1. The van der Waals surface area contributed by atoms with Gasteiger partial charge in [-0.25, -0.2) is 0 Å². The molecule has 0 bridgehead atoms. The lowest BCUT2D eigenvalue weighted by Gasteiger charge is -2.06. The first-order valence-corrected chi connectivity index (χ1v) is 6.39. The monoisotopic (exact) mass is 321 g/mol. The van der Waals surface area contributed by atoms with Gasteiger partial charge in [0.15, 0.2) is 5.69 Å². The molecule has 0 unspecified atom stereocenters. The Balaban J connectivity index is 2.15. The van der Waals surface area contributed by atoms with Gasteiger partial charge in [0, 0.05) is 17.6 Å². The number of aromatic nitrogens is 2. The van der Waals surface area contributed by atoms with Crippen molar-refractivity contribution in [1.29, 1.82) is 0 Å². The summed E-state index contributed by atoms with van der Waals surface area (Å²) >= 11 is 3.42. The molecule has 0 aliphatic heterocycles. The Kier molecular flexibility index (Phi) is 4.11. The Morgan fingerprint density at radius 2 is 2.05 bits per heavy atom. The number of hydrogen-bond donors (Lipinski definition) is 1. The smallest absolute Gasteiger partial charge is 0.271 e. The number of hydrogen-bond acceptors (Lipinski definition) is 4. The number of halogens is 1. The lowest BCUT2D eigenvalue weighted by Crippen LogP contribution is -2.19. The minimum atomic E-state index is -0.279. The van der Waals surface area contributed by atoms with Gasteiger partial charge in [-0.15, -0.1) is 10.2 Å². The second kappa shape index (κ2) is 5.79. The van der Waals surface area contributed by atoms with Crippen LogP contribution in [0.15, 0.2) is 34.8 Å². The summed E-state index contributed by atoms with van der Waals surface area (Å²) < 4.78 is 6.57. The predicted octanol–water partition coefficient (Wildman–Crippen LogP) is 2.70. The summed E-state index contributed by atoms with van der Waals surface area (Å²) in [5.74, 6) is 0.732. The first-order chi connectivity index (χ1) is 9.10. The molecule has 98 valence electrons. The first-order valence-electron chi connectivity index (χ1n) is 5.60. The summed E-state index contributed by atoms with van der Waals surface area (Å²) in [5, 5.41) is 10.1. The van der Waals surface area contributed by atoms with Crippen LogP contribution in [0.4, 0.5) is 0 Å². The van der Waals surface area contributed by atoms with Crippen molar-refractivity contribution in [3.05, 3.63) is 46.1 Å². The van der Waals surface area contributed by atoms with Crippen molar-refractivity contribution in [1.82, 2.24) is 15.5 Å². The number of nitrogens with zero attached hydrogens (tertiary/aromatic N) is 2. The van der Waals surface area contributed by atoms with Crippen LogP contribution < -0.4 is 10.1 Å². The third kappa shape index (κ3) is 3.29. The fourth-order valence-electron chi connectivity index (χ4n) is 1.43. The van der Waals surface area contributed by atoms with E-state index in [4.69, 9.17) is 4.74 Å². The molecule has 6 heteroatoms. The average Bonchev–Trinajstić information content (AvgIpc) is 2.43. The molecule has 0 aliphatic rings. The molecule has 1 aromatic carbocycles. The molecule has 0 radical (unpaired) electrons. The zero-order chi connectivity index (χ0) is 13.8. The van der Waals surface area contributed by atoms with Gasteiger partial charge >= 0.3 is 0 Å². The van der Waals surface area contributed by atoms with E-state index in [1.807, 2.05) is 25.1 Å². The van der Waals surface area contributed by atoms with E-state index in [9.17, 15) is 4.79 Å². The van der Waals surface area contributed by atoms with E-state index in [0.29, 0.717) is 11.6 Å². The Morgan fingerprint density at radius 3 is 2.63 bits per heavy atom. The van der Waals surface area contributed by atoms with Crippen molar-refractivity contribution < 1.29 is 9.53 Å². The van der Waals surface area contributed by atoms with E-state index < -0.39 is 0 Å². The van der Waals surface area contributed by atoms with Crippen LogP contribution in [0.1, 0.15) is 16.1 Å². The Hall–Kier alpha value is -1.95. The number of rotatable bonds is 3. The van der Waals surface area contributed by atoms with Crippen LogP contribution in [0.25, 0.3) is 0 Å². The van der Waals surface area contributed by atoms with Crippen LogP contribution >= 0.6 is 15.9 Å². The van der Waals surface area contributed by atoms with Gasteiger partial charge in [0.2, 0.25) is 5.88 Å². The second-order valence-electron chi connectivity index (χ2n) is 3.85. The third-order valence-electron chi connectivity index (χ3n) is 2.45. The van der Waals surface area contributed by atoms with Crippen molar-refractivity contribution in [2.75, 3.05) is 7.05 Å². The number of carbonyl (C=O) groups excluding carboxylic acids is 1. The lowest BCUT2D eigenvalue weighted by atomic mass is 10.2. The average molecular weight is 322 g/mol. The molecular weight excluding hydrogens is 310 g/mol. The molecule has 0 aliphatic carbocycles. The van der Waals surface area contributed by atoms with E-state index in [1.165, 1.54) is 0 Å². The molecule has 2 rings (SSSR count).